The van der Waals surface area contributed by atoms with E-state index in [2.05, 4.69) is 20.4 Å². The zero-order valence-corrected chi connectivity index (χ0v) is 14.5. The lowest BCUT2D eigenvalue weighted by Crippen LogP contribution is -2.42. The first-order valence-electron chi connectivity index (χ1n) is 8.28. The number of fused-ring (bicyclic) bond motifs is 1. The predicted octanol–water partition coefficient (Wildman–Crippen LogP) is 2.51. The summed E-state index contributed by atoms with van der Waals surface area (Å²) in [5.41, 5.74) is 7.30. The molecule has 0 radical (unpaired) electrons. The van der Waals surface area contributed by atoms with Crippen LogP contribution in [-0.2, 0) is 17.8 Å². The Labute approximate surface area is 150 Å². The van der Waals surface area contributed by atoms with E-state index >= 15 is 0 Å². The number of aryl methyl sites for hydroxylation is 2. The summed E-state index contributed by atoms with van der Waals surface area (Å²) < 4.78 is 15.2. The molecule has 0 spiro atoms. The third-order valence-corrected chi connectivity index (χ3v) is 4.09. The van der Waals surface area contributed by atoms with Crippen molar-refractivity contribution in [1.29, 1.82) is 0 Å². The number of nitrogens with zero attached hydrogens (tertiary/aromatic N) is 2. The van der Waals surface area contributed by atoms with Gasteiger partial charge in [-0.1, -0.05) is 12.1 Å². The van der Waals surface area contributed by atoms with Crippen molar-refractivity contribution in [1.82, 2.24) is 20.4 Å². The van der Waals surface area contributed by atoms with Gasteiger partial charge in [0.2, 0.25) is 5.91 Å². The molecule has 1 aromatic heterocycles. The highest BCUT2D eigenvalue weighted by Crippen LogP contribution is 2.17. The zero-order chi connectivity index (χ0) is 18.7. The van der Waals surface area contributed by atoms with Crippen LogP contribution in [0.3, 0.4) is 0 Å². The van der Waals surface area contributed by atoms with Crippen LogP contribution in [0.2, 0.25) is 0 Å². The molecule has 0 saturated heterocycles. The summed E-state index contributed by atoms with van der Waals surface area (Å²) in [7, 11) is 0. The maximum atomic E-state index is 13.1. The molecule has 3 rings (SSSR count). The van der Waals surface area contributed by atoms with Gasteiger partial charge < -0.3 is 4.57 Å². The Balaban J connectivity index is 1.64. The van der Waals surface area contributed by atoms with Gasteiger partial charge in [0.15, 0.2) is 0 Å². The van der Waals surface area contributed by atoms with Gasteiger partial charge in [0.1, 0.15) is 11.6 Å². The number of aromatic nitrogens is 2. The SMILES string of the molecule is CCn1c(C)nc2cc(C(=O)NNC(=O)Cc3cccc(F)c3)ccc21. The van der Waals surface area contributed by atoms with Crippen LogP contribution in [0.5, 0.6) is 0 Å². The summed E-state index contributed by atoms with van der Waals surface area (Å²) in [4.78, 5) is 28.6. The van der Waals surface area contributed by atoms with Crippen molar-refractivity contribution in [2.75, 3.05) is 0 Å². The summed E-state index contributed by atoms with van der Waals surface area (Å²) in [6.45, 7) is 4.74. The monoisotopic (exact) mass is 354 g/mol. The summed E-state index contributed by atoms with van der Waals surface area (Å²) in [5, 5.41) is 0. The lowest BCUT2D eigenvalue weighted by Gasteiger charge is -2.08. The molecule has 0 aliphatic heterocycles. The van der Waals surface area contributed by atoms with Gasteiger partial charge in [-0.25, -0.2) is 9.37 Å². The van der Waals surface area contributed by atoms with Crippen molar-refractivity contribution in [3.8, 4) is 0 Å². The van der Waals surface area contributed by atoms with Gasteiger partial charge in [-0.15, -0.1) is 0 Å². The largest absolute Gasteiger partial charge is 0.329 e. The minimum Gasteiger partial charge on any atom is -0.329 e. The molecule has 134 valence electrons. The first-order valence-corrected chi connectivity index (χ1v) is 8.28. The Hall–Kier alpha value is -3.22. The number of hydrazine groups is 1. The summed E-state index contributed by atoms with van der Waals surface area (Å²) in [6.07, 6.45) is -0.0306. The summed E-state index contributed by atoms with van der Waals surface area (Å²) in [6, 6.07) is 11.0. The normalized spacial score (nSPS) is 10.7. The van der Waals surface area contributed by atoms with Crippen LogP contribution in [0.15, 0.2) is 42.5 Å². The van der Waals surface area contributed by atoms with Crippen LogP contribution in [0.4, 0.5) is 4.39 Å². The number of carbonyl (C=O) groups is 2. The fourth-order valence-electron chi connectivity index (χ4n) is 2.87. The smallest absolute Gasteiger partial charge is 0.269 e. The Bertz CT molecular complexity index is 981. The van der Waals surface area contributed by atoms with Gasteiger partial charge in [-0.05, 0) is 49.7 Å². The number of imidazole rings is 1. The number of halogens is 1. The van der Waals surface area contributed by atoms with Gasteiger partial charge in [0, 0.05) is 12.1 Å². The molecule has 26 heavy (non-hydrogen) atoms. The zero-order valence-electron chi connectivity index (χ0n) is 14.5. The lowest BCUT2D eigenvalue weighted by atomic mass is 10.1. The summed E-state index contributed by atoms with van der Waals surface area (Å²) in [5.74, 6) is -0.405. The number of carbonyl (C=O) groups excluding carboxylic acids is 2. The molecule has 0 saturated carbocycles. The molecule has 2 amide bonds. The third kappa shape index (κ3) is 3.72. The number of amides is 2. The number of benzene rings is 2. The van der Waals surface area contributed by atoms with Gasteiger partial charge >= 0.3 is 0 Å². The highest BCUT2D eigenvalue weighted by molar-refractivity contribution is 5.98. The first kappa shape index (κ1) is 17.6. The fourth-order valence-corrected chi connectivity index (χ4v) is 2.87. The minimum atomic E-state index is -0.441. The molecule has 7 heteroatoms. The van der Waals surface area contributed by atoms with Crippen molar-refractivity contribution in [2.24, 2.45) is 0 Å². The van der Waals surface area contributed by atoms with Crippen LogP contribution in [0.1, 0.15) is 28.7 Å². The minimum absolute atomic E-state index is 0.0306. The Kier molecular flexibility index (Phi) is 4.97. The van der Waals surface area contributed by atoms with Crippen molar-refractivity contribution in [2.45, 2.75) is 26.8 Å². The van der Waals surface area contributed by atoms with Gasteiger partial charge in [-0.2, -0.15) is 0 Å². The second-order valence-electron chi connectivity index (χ2n) is 5.92. The molecule has 2 N–H and O–H groups in total. The highest BCUT2D eigenvalue weighted by Gasteiger charge is 2.12. The summed E-state index contributed by atoms with van der Waals surface area (Å²) >= 11 is 0. The van der Waals surface area contributed by atoms with Gasteiger partial charge in [0.25, 0.3) is 5.91 Å². The van der Waals surface area contributed by atoms with E-state index in [1.54, 1.807) is 18.2 Å². The molecule has 2 aromatic carbocycles. The second-order valence-corrected chi connectivity index (χ2v) is 5.92. The molecule has 0 fully saturated rings. The quantitative estimate of drug-likeness (QED) is 0.707. The molecule has 0 unspecified atom stereocenters. The van der Waals surface area contributed by atoms with Crippen molar-refractivity contribution < 1.29 is 14.0 Å². The van der Waals surface area contributed by atoms with Crippen molar-refractivity contribution in [3.05, 3.63) is 65.2 Å². The average molecular weight is 354 g/mol. The van der Waals surface area contributed by atoms with Gasteiger partial charge in [-0.3, -0.25) is 20.4 Å². The number of hydrogen-bond acceptors (Lipinski definition) is 3. The molecular weight excluding hydrogens is 335 g/mol. The predicted molar refractivity (Wildman–Crippen MR) is 95.9 cm³/mol. The van der Waals surface area contributed by atoms with Crippen molar-refractivity contribution >= 4 is 22.8 Å². The molecule has 0 atom stereocenters. The molecule has 0 aliphatic rings. The number of hydrogen-bond donors (Lipinski definition) is 2. The molecule has 0 bridgehead atoms. The molecular formula is C19H19FN4O2. The van der Waals surface area contributed by atoms with E-state index in [1.807, 2.05) is 19.9 Å². The second kappa shape index (κ2) is 7.35. The third-order valence-electron chi connectivity index (χ3n) is 4.09. The van der Waals surface area contributed by atoms with Crippen LogP contribution in [0, 0.1) is 12.7 Å². The van der Waals surface area contributed by atoms with Gasteiger partial charge in [0.05, 0.1) is 17.5 Å². The van der Waals surface area contributed by atoms with Crippen LogP contribution < -0.4 is 10.9 Å². The molecule has 0 aliphatic carbocycles. The van der Waals surface area contributed by atoms with E-state index in [0.717, 1.165) is 23.4 Å². The van der Waals surface area contributed by atoms with E-state index in [1.165, 1.54) is 18.2 Å². The Morgan fingerprint density at radius 1 is 1.15 bits per heavy atom. The topological polar surface area (TPSA) is 76.0 Å². The van der Waals surface area contributed by atoms with E-state index in [0.29, 0.717) is 11.1 Å². The fraction of sp³-hybridized carbons (Fsp3) is 0.211. The number of rotatable bonds is 4. The van der Waals surface area contributed by atoms with E-state index in [9.17, 15) is 14.0 Å². The Morgan fingerprint density at radius 3 is 2.69 bits per heavy atom. The van der Waals surface area contributed by atoms with Crippen LogP contribution in [-0.4, -0.2) is 21.4 Å². The molecule has 6 nitrogen and oxygen atoms in total. The molecule has 3 aromatic rings. The molecule has 1 heterocycles. The Morgan fingerprint density at radius 2 is 1.96 bits per heavy atom. The lowest BCUT2D eigenvalue weighted by molar-refractivity contribution is -0.121. The average Bonchev–Trinajstić information content (AvgIpc) is 2.93. The van der Waals surface area contributed by atoms with Crippen LogP contribution in [0.25, 0.3) is 11.0 Å². The first-order chi connectivity index (χ1) is 12.5. The number of nitrogens with one attached hydrogen (secondary N) is 2. The van der Waals surface area contributed by atoms with Crippen LogP contribution >= 0.6 is 0 Å². The standard InChI is InChI=1S/C19H19FN4O2/c1-3-24-12(2)21-16-11-14(7-8-17(16)24)19(26)23-22-18(25)10-13-5-4-6-15(20)9-13/h4-9,11H,3,10H2,1-2H3,(H,22,25)(H,23,26). The van der Waals surface area contributed by atoms with Crippen molar-refractivity contribution in [3.63, 3.8) is 0 Å². The van der Waals surface area contributed by atoms with E-state index in [-0.39, 0.29) is 6.42 Å². The maximum absolute atomic E-state index is 13.1. The van der Waals surface area contributed by atoms with E-state index in [4.69, 9.17) is 0 Å². The van der Waals surface area contributed by atoms with E-state index < -0.39 is 17.6 Å². The highest BCUT2D eigenvalue weighted by atomic mass is 19.1. The maximum Gasteiger partial charge on any atom is 0.269 e.